The Hall–Kier alpha value is -0.970. The molecule has 0 amide bonds. The molecule has 0 spiro atoms. The lowest BCUT2D eigenvalue weighted by Gasteiger charge is -2.37. The van der Waals surface area contributed by atoms with Crippen LogP contribution in [0.15, 0.2) is 18.2 Å². The second kappa shape index (κ2) is 5.12. The number of rotatable bonds is 3. The molecule has 1 fully saturated rings. The van der Waals surface area contributed by atoms with E-state index in [4.69, 9.17) is 15.2 Å². The molecule has 0 radical (unpaired) electrons. The molecule has 1 saturated heterocycles. The summed E-state index contributed by atoms with van der Waals surface area (Å²) in [7, 11) is 0. The fourth-order valence-corrected chi connectivity index (χ4v) is 2.10. The van der Waals surface area contributed by atoms with Crippen LogP contribution in [0.2, 0.25) is 0 Å². The van der Waals surface area contributed by atoms with Crippen LogP contribution in [-0.2, 0) is 15.3 Å². The highest BCUT2D eigenvalue weighted by molar-refractivity contribution is 5.27. The van der Waals surface area contributed by atoms with Gasteiger partial charge in [0.25, 0.3) is 0 Å². The van der Waals surface area contributed by atoms with Gasteiger partial charge in [-0.2, -0.15) is 0 Å². The van der Waals surface area contributed by atoms with Crippen LogP contribution >= 0.6 is 0 Å². The molecule has 2 N–H and O–H groups in total. The minimum atomic E-state index is -0.786. The van der Waals surface area contributed by atoms with E-state index in [2.05, 4.69) is 0 Å². The summed E-state index contributed by atoms with van der Waals surface area (Å²) in [5, 5.41) is 0. The Morgan fingerprint density at radius 1 is 1.35 bits per heavy atom. The van der Waals surface area contributed by atoms with Gasteiger partial charge in [0, 0.05) is 12.0 Å². The van der Waals surface area contributed by atoms with Gasteiger partial charge in [-0.3, -0.25) is 0 Å². The van der Waals surface area contributed by atoms with Gasteiger partial charge in [0.1, 0.15) is 5.82 Å². The predicted octanol–water partition coefficient (Wildman–Crippen LogP) is 2.07. The molecule has 0 saturated carbocycles. The zero-order chi connectivity index (χ0) is 12.3. The molecule has 1 aromatic carbocycles. The van der Waals surface area contributed by atoms with Crippen molar-refractivity contribution in [1.82, 2.24) is 0 Å². The SMILES string of the molecule is Cc1cc(C2(CCN)OCCCO2)ccc1F. The lowest BCUT2D eigenvalue weighted by molar-refractivity contribution is -0.278. The van der Waals surface area contributed by atoms with Crippen molar-refractivity contribution in [3.8, 4) is 0 Å². The highest BCUT2D eigenvalue weighted by Gasteiger charge is 2.36. The van der Waals surface area contributed by atoms with E-state index < -0.39 is 5.79 Å². The number of halogens is 1. The molecule has 0 bridgehead atoms. The Balaban J connectivity index is 2.34. The average molecular weight is 239 g/mol. The van der Waals surface area contributed by atoms with E-state index in [0.717, 1.165) is 12.0 Å². The Morgan fingerprint density at radius 2 is 2.06 bits per heavy atom. The molecule has 1 heterocycles. The molecule has 17 heavy (non-hydrogen) atoms. The van der Waals surface area contributed by atoms with Crippen LogP contribution in [0.5, 0.6) is 0 Å². The number of nitrogens with two attached hydrogens (primary N) is 1. The molecule has 0 aromatic heterocycles. The van der Waals surface area contributed by atoms with Gasteiger partial charge in [-0.15, -0.1) is 0 Å². The van der Waals surface area contributed by atoms with Gasteiger partial charge < -0.3 is 15.2 Å². The number of hydrogen-bond donors (Lipinski definition) is 1. The lowest BCUT2D eigenvalue weighted by atomic mass is 9.99. The molecule has 0 aliphatic carbocycles. The highest BCUT2D eigenvalue weighted by atomic mass is 19.1. The molecule has 1 aromatic rings. The monoisotopic (exact) mass is 239 g/mol. The standard InChI is InChI=1S/C13H18FNO2/c1-10-9-11(3-4-12(10)14)13(5-6-15)16-7-2-8-17-13/h3-4,9H,2,5-8,15H2,1H3. The molecule has 1 aliphatic heterocycles. The van der Waals surface area contributed by atoms with Gasteiger partial charge in [0.2, 0.25) is 0 Å². The second-order valence-electron chi connectivity index (χ2n) is 4.31. The molecule has 2 rings (SSSR count). The summed E-state index contributed by atoms with van der Waals surface area (Å²) in [5.74, 6) is -1.00. The predicted molar refractivity (Wildman–Crippen MR) is 63.0 cm³/mol. The van der Waals surface area contributed by atoms with Crippen molar-refractivity contribution in [2.24, 2.45) is 5.73 Å². The van der Waals surface area contributed by atoms with Crippen LogP contribution in [0.25, 0.3) is 0 Å². The van der Waals surface area contributed by atoms with E-state index in [-0.39, 0.29) is 5.82 Å². The van der Waals surface area contributed by atoms with Gasteiger partial charge in [0.15, 0.2) is 5.79 Å². The summed E-state index contributed by atoms with van der Waals surface area (Å²) >= 11 is 0. The van der Waals surface area contributed by atoms with Crippen molar-refractivity contribution in [3.05, 3.63) is 35.1 Å². The molecule has 1 aliphatic rings. The zero-order valence-electron chi connectivity index (χ0n) is 10.0. The third-order valence-electron chi connectivity index (χ3n) is 3.03. The maximum atomic E-state index is 13.3. The van der Waals surface area contributed by atoms with E-state index in [0.29, 0.717) is 31.7 Å². The van der Waals surface area contributed by atoms with E-state index in [1.165, 1.54) is 6.07 Å². The van der Waals surface area contributed by atoms with Crippen molar-refractivity contribution < 1.29 is 13.9 Å². The molecular formula is C13H18FNO2. The van der Waals surface area contributed by atoms with Crippen molar-refractivity contribution in [2.75, 3.05) is 19.8 Å². The first kappa shape index (κ1) is 12.5. The fourth-order valence-electron chi connectivity index (χ4n) is 2.10. The van der Waals surface area contributed by atoms with Crippen LogP contribution in [0.3, 0.4) is 0 Å². The maximum absolute atomic E-state index is 13.3. The van der Waals surface area contributed by atoms with Gasteiger partial charge >= 0.3 is 0 Å². The number of ether oxygens (including phenoxy) is 2. The van der Waals surface area contributed by atoms with Crippen molar-refractivity contribution in [2.45, 2.75) is 25.6 Å². The van der Waals surface area contributed by atoms with Gasteiger partial charge in [-0.05, 0) is 37.6 Å². The van der Waals surface area contributed by atoms with Crippen molar-refractivity contribution >= 4 is 0 Å². The lowest BCUT2D eigenvalue weighted by Crippen LogP contribution is -2.39. The zero-order valence-corrected chi connectivity index (χ0v) is 10.0. The van der Waals surface area contributed by atoms with Crippen LogP contribution in [0.4, 0.5) is 4.39 Å². The quantitative estimate of drug-likeness (QED) is 0.878. The number of benzene rings is 1. The van der Waals surface area contributed by atoms with Crippen LogP contribution in [0, 0.1) is 12.7 Å². The first-order chi connectivity index (χ1) is 8.18. The summed E-state index contributed by atoms with van der Waals surface area (Å²) in [6.07, 6.45) is 1.46. The Labute approximate surface area is 101 Å². The summed E-state index contributed by atoms with van der Waals surface area (Å²) < 4.78 is 24.8. The first-order valence-corrected chi connectivity index (χ1v) is 5.92. The number of hydrogen-bond acceptors (Lipinski definition) is 3. The summed E-state index contributed by atoms with van der Waals surface area (Å²) in [6.45, 7) is 3.50. The van der Waals surface area contributed by atoms with E-state index in [1.807, 2.05) is 0 Å². The van der Waals surface area contributed by atoms with Crippen LogP contribution in [-0.4, -0.2) is 19.8 Å². The first-order valence-electron chi connectivity index (χ1n) is 5.92. The fraction of sp³-hybridized carbons (Fsp3) is 0.538. The molecule has 4 heteroatoms. The largest absolute Gasteiger partial charge is 0.346 e. The van der Waals surface area contributed by atoms with Crippen molar-refractivity contribution in [3.63, 3.8) is 0 Å². The van der Waals surface area contributed by atoms with Crippen LogP contribution < -0.4 is 5.73 Å². The number of aryl methyl sites for hydroxylation is 1. The third kappa shape index (κ3) is 2.49. The average Bonchev–Trinajstić information content (AvgIpc) is 2.34. The molecule has 0 unspecified atom stereocenters. The normalized spacial score (nSPS) is 19.2. The van der Waals surface area contributed by atoms with Gasteiger partial charge in [-0.25, -0.2) is 4.39 Å². The minimum Gasteiger partial charge on any atom is -0.346 e. The van der Waals surface area contributed by atoms with Gasteiger partial charge in [-0.1, -0.05) is 6.07 Å². The summed E-state index contributed by atoms with van der Waals surface area (Å²) in [6, 6.07) is 4.93. The van der Waals surface area contributed by atoms with Crippen LogP contribution in [0.1, 0.15) is 24.0 Å². The summed E-state index contributed by atoms with van der Waals surface area (Å²) in [5.41, 5.74) is 7.06. The molecule has 0 atom stereocenters. The third-order valence-corrected chi connectivity index (χ3v) is 3.03. The molecule has 3 nitrogen and oxygen atoms in total. The molecule has 94 valence electrons. The molecular weight excluding hydrogens is 221 g/mol. The highest BCUT2D eigenvalue weighted by Crippen LogP contribution is 2.34. The Morgan fingerprint density at radius 3 is 2.65 bits per heavy atom. The van der Waals surface area contributed by atoms with Gasteiger partial charge in [0.05, 0.1) is 13.2 Å². The van der Waals surface area contributed by atoms with E-state index in [1.54, 1.807) is 19.1 Å². The topological polar surface area (TPSA) is 44.5 Å². The Kier molecular flexibility index (Phi) is 3.76. The van der Waals surface area contributed by atoms with Crippen molar-refractivity contribution in [1.29, 1.82) is 0 Å². The smallest absolute Gasteiger partial charge is 0.196 e. The van der Waals surface area contributed by atoms with E-state index >= 15 is 0 Å². The second-order valence-corrected chi connectivity index (χ2v) is 4.31. The summed E-state index contributed by atoms with van der Waals surface area (Å²) in [4.78, 5) is 0. The minimum absolute atomic E-state index is 0.215. The van der Waals surface area contributed by atoms with E-state index in [9.17, 15) is 4.39 Å². The maximum Gasteiger partial charge on any atom is 0.196 e. The Bertz CT molecular complexity index is 383.